The van der Waals surface area contributed by atoms with E-state index in [0.29, 0.717) is 18.2 Å². The highest BCUT2D eigenvalue weighted by Crippen LogP contribution is 2.35. The number of aryl methyl sites for hydroxylation is 2. The van der Waals surface area contributed by atoms with Gasteiger partial charge in [-0.1, -0.05) is 5.16 Å². The van der Waals surface area contributed by atoms with Crippen LogP contribution in [0.4, 0.5) is 11.7 Å². The van der Waals surface area contributed by atoms with E-state index in [1.54, 1.807) is 16.4 Å². The summed E-state index contributed by atoms with van der Waals surface area (Å²) in [4.78, 5) is 15.0. The van der Waals surface area contributed by atoms with E-state index in [2.05, 4.69) is 30.7 Å². The summed E-state index contributed by atoms with van der Waals surface area (Å²) >= 11 is 1.78. The number of anilines is 2. The third-order valence-corrected chi connectivity index (χ3v) is 6.54. The summed E-state index contributed by atoms with van der Waals surface area (Å²) in [6, 6.07) is 5.87. The Kier molecular flexibility index (Phi) is 4.93. The number of thioether (sulfide) groups is 1. The molecule has 1 unspecified atom stereocenters. The molecule has 3 aromatic heterocycles. The number of fused-ring (bicyclic) bond motifs is 1. The lowest BCUT2D eigenvalue weighted by molar-refractivity contribution is -0.120. The number of nitrogens with one attached hydrogen (secondary N) is 1. The second kappa shape index (κ2) is 7.75. The van der Waals surface area contributed by atoms with Crippen molar-refractivity contribution in [1.29, 1.82) is 0 Å². The van der Waals surface area contributed by atoms with Gasteiger partial charge in [0.05, 0.1) is 22.9 Å². The molecule has 2 aliphatic rings. The molecule has 5 heterocycles. The van der Waals surface area contributed by atoms with Crippen LogP contribution in [-0.2, 0) is 16.3 Å². The molecular formula is C20H23N7O2S. The number of hydrogen-bond acceptors (Lipinski definition) is 8. The lowest BCUT2D eigenvalue weighted by atomic mass is 9.97. The van der Waals surface area contributed by atoms with Gasteiger partial charge in [-0.2, -0.15) is 16.9 Å². The van der Waals surface area contributed by atoms with Crippen LogP contribution in [-0.4, -0.2) is 44.1 Å². The van der Waals surface area contributed by atoms with Crippen LogP contribution >= 0.6 is 11.8 Å². The van der Waals surface area contributed by atoms with Crippen LogP contribution in [0.25, 0.3) is 5.82 Å². The molecule has 156 valence electrons. The Bertz CT molecular complexity index is 1080. The largest absolute Gasteiger partial charge is 0.354 e. The van der Waals surface area contributed by atoms with E-state index in [1.807, 2.05) is 32.0 Å². The maximum absolute atomic E-state index is 12.8. The van der Waals surface area contributed by atoms with Crippen LogP contribution in [0.15, 0.2) is 22.7 Å². The molecule has 1 amide bonds. The van der Waals surface area contributed by atoms with Crippen LogP contribution in [0, 0.1) is 19.8 Å². The smallest absolute Gasteiger partial charge is 0.235 e. The first-order valence-corrected chi connectivity index (χ1v) is 11.2. The van der Waals surface area contributed by atoms with Crippen molar-refractivity contribution in [3.05, 3.63) is 40.8 Å². The second-order valence-corrected chi connectivity index (χ2v) is 8.78. The van der Waals surface area contributed by atoms with Crippen molar-refractivity contribution in [1.82, 2.24) is 25.1 Å². The zero-order valence-corrected chi connectivity index (χ0v) is 17.8. The van der Waals surface area contributed by atoms with Crippen LogP contribution < -0.4 is 10.2 Å². The third kappa shape index (κ3) is 3.55. The molecule has 1 fully saturated rings. The standard InChI is InChI=1S/C20H23N7O2S/c1-12-8-13(2)27(24-12)18-6-5-17(22-23-18)26-7-3-4-14(9-26)19(28)21-20-15-10-30-11-16(15)25-29-20/h5-6,8,14H,3-4,7,9-11H2,1-2H3,(H,21,28). The summed E-state index contributed by atoms with van der Waals surface area (Å²) in [5.74, 6) is 3.49. The van der Waals surface area contributed by atoms with E-state index in [9.17, 15) is 4.79 Å². The average molecular weight is 426 g/mol. The van der Waals surface area contributed by atoms with Crippen molar-refractivity contribution >= 4 is 29.4 Å². The van der Waals surface area contributed by atoms with Gasteiger partial charge in [0.15, 0.2) is 11.6 Å². The Morgan fingerprint density at radius 2 is 2.07 bits per heavy atom. The normalized spacial score (nSPS) is 18.5. The number of piperidine rings is 1. The predicted molar refractivity (Wildman–Crippen MR) is 114 cm³/mol. The maximum atomic E-state index is 12.8. The molecule has 5 rings (SSSR count). The molecule has 1 saturated heterocycles. The van der Waals surface area contributed by atoms with Crippen molar-refractivity contribution in [2.45, 2.75) is 38.2 Å². The zero-order valence-electron chi connectivity index (χ0n) is 17.0. The zero-order chi connectivity index (χ0) is 20.7. The molecule has 0 aliphatic carbocycles. The molecular weight excluding hydrogens is 402 g/mol. The maximum Gasteiger partial charge on any atom is 0.235 e. The van der Waals surface area contributed by atoms with Crippen molar-refractivity contribution < 1.29 is 9.32 Å². The number of aromatic nitrogens is 5. The summed E-state index contributed by atoms with van der Waals surface area (Å²) in [5, 5.41) is 20.2. The van der Waals surface area contributed by atoms with Gasteiger partial charge in [0, 0.05) is 30.3 Å². The second-order valence-electron chi connectivity index (χ2n) is 7.79. The molecule has 2 aliphatic heterocycles. The fourth-order valence-electron chi connectivity index (χ4n) is 4.03. The fraction of sp³-hybridized carbons (Fsp3) is 0.450. The van der Waals surface area contributed by atoms with Crippen LogP contribution in [0.5, 0.6) is 0 Å². The Hall–Kier alpha value is -2.88. The summed E-state index contributed by atoms with van der Waals surface area (Å²) in [5.41, 5.74) is 3.92. The minimum Gasteiger partial charge on any atom is -0.354 e. The molecule has 0 bridgehead atoms. The first-order chi connectivity index (χ1) is 14.6. The Morgan fingerprint density at radius 3 is 2.83 bits per heavy atom. The molecule has 3 aromatic rings. The van der Waals surface area contributed by atoms with Crippen LogP contribution in [0.1, 0.15) is 35.5 Å². The molecule has 0 radical (unpaired) electrons. The minimum absolute atomic E-state index is 0.0252. The molecule has 0 saturated carbocycles. The number of nitrogens with zero attached hydrogens (tertiary/aromatic N) is 6. The van der Waals surface area contributed by atoms with Crippen molar-refractivity contribution in [2.75, 3.05) is 23.3 Å². The Balaban J connectivity index is 1.27. The van der Waals surface area contributed by atoms with Gasteiger partial charge in [-0.15, -0.1) is 10.2 Å². The highest BCUT2D eigenvalue weighted by atomic mass is 32.2. The van der Waals surface area contributed by atoms with Crippen LogP contribution in [0.3, 0.4) is 0 Å². The fourth-order valence-corrected chi connectivity index (χ4v) is 5.05. The average Bonchev–Trinajstić information content (AvgIpc) is 3.45. The van der Waals surface area contributed by atoms with Crippen LogP contribution in [0.2, 0.25) is 0 Å². The molecule has 30 heavy (non-hydrogen) atoms. The molecule has 1 atom stereocenters. The van der Waals surface area contributed by atoms with Gasteiger partial charge in [0.1, 0.15) is 0 Å². The van der Waals surface area contributed by atoms with Gasteiger partial charge in [0.2, 0.25) is 11.8 Å². The quantitative estimate of drug-likeness (QED) is 0.681. The molecule has 9 nitrogen and oxygen atoms in total. The number of amides is 1. The summed E-state index contributed by atoms with van der Waals surface area (Å²) < 4.78 is 7.12. The van der Waals surface area contributed by atoms with Gasteiger partial charge in [0.25, 0.3) is 0 Å². The number of carbonyl (C=O) groups excluding carboxylic acids is 1. The van der Waals surface area contributed by atoms with Gasteiger partial charge in [-0.05, 0) is 44.9 Å². The highest BCUT2D eigenvalue weighted by molar-refractivity contribution is 7.98. The summed E-state index contributed by atoms with van der Waals surface area (Å²) in [7, 11) is 0. The lowest BCUT2D eigenvalue weighted by Crippen LogP contribution is -2.41. The first kappa shape index (κ1) is 19.1. The summed E-state index contributed by atoms with van der Waals surface area (Å²) in [6.07, 6.45) is 1.76. The molecule has 0 spiro atoms. The monoisotopic (exact) mass is 425 g/mol. The van der Waals surface area contributed by atoms with E-state index in [-0.39, 0.29) is 11.8 Å². The Labute approximate surface area is 178 Å². The molecule has 10 heteroatoms. The van der Waals surface area contributed by atoms with Crippen molar-refractivity contribution in [3.63, 3.8) is 0 Å². The lowest BCUT2D eigenvalue weighted by Gasteiger charge is -2.32. The van der Waals surface area contributed by atoms with Gasteiger partial charge < -0.3 is 9.42 Å². The predicted octanol–water partition coefficient (Wildman–Crippen LogP) is 2.87. The van der Waals surface area contributed by atoms with Gasteiger partial charge in [-0.25, -0.2) is 4.68 Å². The first-order valence-electron chi connectivity index (χ1n) is 10.1. The SMILES string of the molecule is Cc1cc(C)n(-c2ccc(N3CCCC(C(=O)Nc4onc5c4CSC5)C3)nn2)n1. The third-order valence-electron chi connectivity index (χ3n) is 5.57. The van der Waals surface area contributed by atoms with E-state index in [0.717, 1.165) is 59.4 Å². The van der Waals surface area contributed by atoms with E-state index in [4.69, 9.17) is 4.52 Å². The van der Waals surface area contributed by atoms with Crippen molar-refractivity contribution in [3.8, 4) is 5.82 Å². The van der Waals surface area contributed by atoms with Crippen molar-refractivity contribution in [2.24, 2.45) is 5.92 Å². The van der Waals surface area contributed by atoms with E-state index >= 15 is 0 Å². The number of rotatable bonds is 4. The minimum atomic E-state index is -0.133. The van der Waals surface area contributed by atoms with E-state index < -0.39 is 0 Å². The topological polar surface area (TPSA) is 102 Å². The Morgan fingerprint density at radius 1 is 1.23 bits per heavy atom. The molecule has 0 aromatic carbocycles. The van der Waals surface area contributed by atoms with E-state index in [1.165, 1.54) is 0 Å². The van der Waals surface area contributed by atoms with Gasteiger partial charge in [-0.3, -0.25) is 10.1 Å². The highest BCUT2D eigenvalue weighted by Gasteiger charge is 2.29. The number of hydrogen-bond donors (Lipinski definition) is 1. The van der Waals surface area contributed by atoms with Gasteiger partial charge >= 0.3 is 0 Å². The summed E-state index contributed by atoms with van der Waals surface area (Å²) in [6.45, 7) is 5.40. The number of carbonyl (C=O) groups is 1. The molecule has 1 N–H and O–H groups in total.